The molecule has 136 valence electrons. The van der Waals surface area contributed by atoms with Crippen LogP contribution < -0.4 is 5.73 Å². The molecule has 0 fully saturated rings. The number of hydrogen-bond acceptors (Lipinski definition) is 3. The first-order valence-electron chi connectivity index (χ1n) is 9.24. The number of carboxylic acids is 1. The highest BCUT2D eigenvalue weighted by atomic mass is 16.4. The molecule has 3 N–H and O–H groups in total. The highest BCUT2D eigenvalue weighted by Crippen LogP contribution is 2.23. The van der Waals surface area contributed by atoms with Gasteiger partial charge >= 0.3 is 5.97 Å². The summed E-state index contributed by atoms with van der Waals surface area (Å²) in [6.45, 7) is 3.89. The second kappa shape index (κ2) is 11.2. The third kappa shape index (κ3) is 6.57. The van der Waals surface area contributed by atoms with Crippen LogP contribution in [0.4, 0.5) is 0 Å². The van der Waals surface area contributed by atoms with E-state index < -0.39 is 5.97 Å². The summed E-state index contributed by atoms with van der Waals surface area (Å²) in [5, 5.41) is 9.19. The van der Waals surface area contributed by atoms with E-state index in [1.54, 1.807) is 6.20 Å². The van der Waals surface area contributed by atoms with Gasteiger partial charge in [0, 0.05) is 13.3 Å². The number of quaternary nitrogens is 1. The standard InChI is InChI=1S/C19H33N3O2/c1-3-4-5-6-7-8-9-10-11-12-13-18-21-14-15-22(18,17(2)20)16-19(23)24/h3-4,14-15,17H,5-13,16,20H2,1-2H3/p+1/b4-3+. The molecule has 0 spiro atoms. The third-order valence-electron chi connectivity index (χ3n) is 4.67. The van der Waals surface area contributed by atoms with E-state index in [2.05, 4.69) is 24.1 Å². The van der Waals surface area contributed by atoms with Crippen molar-refractivity contribution in [2.75, 3.05) is 6.54 Å². The highest BCUT2D eigenvalue weighted by molar-refractivity contribution is 5.81. The van der Waals surface area contributed by atoms with Crippen LogP contribution in [-0.4, -0.2) is 34.1 Å². The van der Waals surface area contributed by atoms with Crippen molar-refractivity contribution in [2.45, 2.75) is 77.8 Å². The largest absolute Gasteiger partial charge is 0.477 e. The van der Waals surface area contributed by atoms with Crippen molar-refractivity contribution in [3.8, 4) is 0 Å². The smallest absolute Gasteiger partial charge is 0.360 e. The van der Waals surface area contributed by atoms with Crippen LogP contribution in [-0.2, 0) is 4.79 Å². The lowest BCUT2D eigenvalue weighted by Crippen LogP contribution is -2.59. The Kier molecular flexibility index (Phi) is 9.57. The first-order valence-corrected chi connectivity index (χ1v) is 9.24. The maximum atomic E-state index is 11.2. The monoisotopic (exact) mass is 336 g/mol. The molecule has 24 heavy (non-hydrogen) atoms. The number of nitrogens with two attached hydrogens (primary N) is 1. The number of rotatable bonds is 13. The molecule has 0 aromatic rings. The van der Waals surface area contributed by atoms with Crippen LogP contribution in [0.1, 0.15) is 71.6 Å². The number of unbranched alkanes of at least 4 members (excludes halogenated alkanes) is 7. The Morgan fingerprint density at radius 2 is 1.88 bits per heavy atom. The molecule has 1 heterocycles. The minimum atomic E-state index is -0.843. The minimum absolute atomic E-state index is 0.0286. The average molecular weight is 337 g/mol. The van der Waals surface area contributed by atoms with Crippen molar-refractivity contribution < 1.29 is 14.4 Å². The van der Waals surface area contributed by atoms with Gasteiger partial charge in [0.15, 0.2) is 6.54 Å². The van der Waals surface area contributed by atoms with E-state index in [0.29, 0.717) is 0 Å². The summed E-state index contributed by atoms with van der Waals surface area (Å²) >= 11 is 0. The van der Waals surface area contributed by atoms with Crippen LogP contribution in [0, 0.1) is 0 Å². The van der Waals surface area contributed by atoms with Gasteiger partial charge in [-0.15, -0.1) is 0 Å². The minimum Gasteiger partial charge on any atom is -0.477 e. The zero-order chi connectivity index (χ0) is 17.8. The van der Waals surface area contributed by atoms with Gasteiger partial charge < -0.3 is 5.11 Å². The van der Waals surface area contributed by atoms with Crippen molar-refractivity contribution in [1.82, 2.24) is 0 Å². The molecule has 1 aliphatic heterocycles. The maximum Gasteiger partial charge on any atom is 0.360 e. The Balaban J connectivity index is 2.23. The Morgan fingerprint density at radius 3 is 2.46 bits per heavy atom. The summed E-state index contributed by atoms with van der Waals surface area (Å²) < 4.78 is 0.167. The molecule has 1 rings (SSSR count). The number of carboxylic acid groups (broad SMARTS) is 1. The number of aliphatic carboxylic acids is 1. The molecule has 2 atom stereocenters. The van der Waals surface area contributed by atoms with E-state index in [9.17, 15) is 9.90 Å². The molecule has 5 nitrogen and oxygen atoms in total. The van der Waals surface area contributed by atoms with E-state index >= 15 is 0 Å². The van der Waals surface area contributed by atoms with Crippen molar-refractivity contribution >= 4 is 11.8 Å². The van der Waals surface area contributed by atoms with Gasteiger partial charge in [0.1, 0.15) is 12.4 Å². The second-order valence-electron chi connectivity index (χ2n) is 6.65. The van der Waals surface area contributed by atoms with Crippen molar-refractivity contribution in [3.63, 3.8) is 0 Å². The molecular weight excluding hydrogens is 302 g/mol. The van der Waals surface area contributed by atoms with E-state index in [0.717, 1.165) is 18.7 Å². The van der Waals surface area contributed by atoms with Gasteiger partial charge in [-0.2, -0.15) is 0 Å². The van der Waals surface area contributed by atoms with E-state index in [1.807, 2.05) is 13.1 Å². The Morgan fingerprint density at radius 1 is 1.25 bits per heavy atom. The number of allylic oxidation sites excluding steroid dienone is 2. The summed E-state index contributed by atoms with van der Waals surface area (Å²) in [6, 6.07) is 0. The average Bonchev–Trinajstić information content (AvgIpc) is 2.92. The summed E-state index contributed by atoms with van der Waals surface area (Å²) in [5.41, 5.74) is 6.06. The van der Waals surface area contributed by atoms with Gasteiger partial charge in [-0.25, -0.2) is 14.3 Å². The number of hydrogen-bond donors (Lipinski definition) is 2. The molecule has 0 aromatic heterocycles. The first kappa shape index (κ1) is 20.6. The lowest BCUT2D eigenvalue weighted by Gasteiger charge is -2.34. The van der Waals surface area contributed by atoms with Gasteiger partial charge in [-0.1, -0.05) is 44.3 Å². The first-order chi connectivity index (χ1) is 11.5. The summed E-state index contributed by atoms with van der Waals surface area (Å²) in [6.07, 6.45) is 18.2. The van der Waals surface area contributed by atoms with Gasteiger partial charge in [-0.3, -0.25) is 5.73 Å². The predicted molar refractivity (Wildman–Crippen MR) is 99.4 cm³/mol. The van der Waals surface area contributed by atoms with Gasteiger partial charge in [-0.05, 0) is 26.2 Å². The van der Waals surface area contributed by atoms with E-state index in [1.165, 1.54) is 44.9 Å². The van der Waals surface area contributed by atoms with Crippen molar-refractivity contribution in [1.29, 1.82) is 0 Å². The highest BCUT2D eigenvalue weighted by Gasteiger charge is 2.40. The van der Waals surface area contributed by atoms with E-state index in [-0.39, 0.29) is 17.2 Å². The Labute approximate surface area is 146 Å². The van der Waals surface area contributed by atoms with Crippen LogP contribution in [0.15, 0.2) is 29.5 Å². The molecule has 0 aromatic carbocycles. The maximum absolute atomic E-state index is 11.2. The van der Waals surface area contributed by atoms with Crippen LogP contribution in [0.5, 0.6) is 0 Å². The molecule has 0 saturated heterocycles. The SMILES string of the molecule is C/C=C/CCCCCCCCCC1=NC=C[N+]1(CC(=O)O)C(C)N. The number of nitrogens with zero attached hydrogens (tertiary/aromatic N) is 2. The summed E-state index contributed by atoms with van der Waals surface area (Å²) in [5.74, 6) is 0.0446. The van der Waals surface area contributed by atoms with Crippen LogP contribution >= 0.6 is 0 Å². The molecule has 0 saturated carbocycles. The number of amidine groups is 1. The molecule has 1 aliphatic rings. The molecule has 0 radical (unpaired) electrons. The molecule has 0 bridgehead atoms. The molecule has 0 aliphatic carbocycles. The van der Waals surface area contributed by atoms with Gasteiger partial charge in [0.25, 0.3) is 0 Å². The molecule has 5 heteroatoms. The van der Waals surface area contributed by atoms with Crippen LogP contribution in [0.2, 0.25) is 0 Å². The van der Waals surface area contributed by atoms with Gasteiger partial charge in [0.2, 0.25) is 5.84 Å². The van der Waals surface area contributed by atoms with Crippen LogP contribution in [0.3, 0.4) is 0 Å². The summed E-state index contributed by atoms with van der Waals surface area (Å²) in [4.78, 5) is 15.6. The fourth-order valence-electron chi connectivity index (χ4n) is 3.18. The van der Waals surface area contributed by atoms with Crippen molar-refractivity contribution in [2.24, 2.45) is 10.7 Å². The van der Waals surface area contributed by atoms with Crippen molar-refractivity contribution in [3.05, 3.63) is 24.6 Å². The second-order valence-corrected chi connectivity index (χ2v) is 6.65. The Hall–Kier alpha value is -1.46. The van der Waals surface area contributed by atoms with E-state index in [4.69, 9.17) is 5.73 Å². The lowest BCUT2D eigenvalue weighted by molar-refractivity contribution is -0.805. The molecular formula is C19H34N3O2+. The fraction of sp³-hybridized carbons (Fsp3) is 0.684. The zero-order valence-electron chi connectivity index (χ0n) is 15.3. The molecule has 0 amide bonds. The van der Waals surface area contributed by atoms with Gasteiger partial charge in [0.05, 0.1) is 6.20 Å². The quantitative estimate of drug-likeness (QED) is 0.301. The lowest BCUT2D eigenvalue weighted by atomic mass is 10.1. The molecule has 2 unspecified atom stereocenters. The predicted octanol–water partition coefficient (Wildman–Crippen LogP) is 4.16. The number of carbonyl (C=O) groups is 1. The fourth-order valence-corrected chi connectivity index (χ4v) is 3.18. The zero-order valence-corrected chi connectivity index (χ0v) is 15.3. The van der Waals surface area contributed by atoms with Crippen LogP contribution in [0.25, 0.3) is 0 Å². The Bertz CT molecular complexity index is 469. The summed E-state index contributed by atoms with van der Waals surface area (Å²) in [7, 11) is 0. The third-order valence-corrected chi connectivity index (χ3v) is 4.67. The topological polar surface area (TPSA) is 75.7 Å². The normalized spacial score (nSPS) is 21.4. The number of aliphatic imine (C=N–C) groups is 1.